The van der Waals surface area contributed by atoms with Gasteiger partial charge in [-0.15, -0.1) is 0 Å². The summed E-state index contributed by atoms with van der Waals surface area (Å²) in [4.78, 5) is 32.1. The lowest BCUT2D eigenvalue weighted by Crippen LogP contribution is -2.48. The van der Waals surface area contributed by atoms with E-state index in [4.69, 9.17) is 18.9 Å². The van der Waals surface area contributed by atoms with Crippen molar-refractivity contribution < 1.29 is 28.5 Å². The van der Waals surface area contributed by atoms with Crippen molar-refractivity contribution in [1.29, 1.82) is 0 Å². The van der Waals surface area contributed by atoms with Gasteiger partial charge in [0.25, 0.3) is 11.8 Å². The first kappa shape index (κ1) is 32.3. The van der Waals surface area contributed by atoms with E-state index in [-0.39, 0.29) is 17.3 Å². The highest BCUT2D eigenvalue weighted by molar-refractivity contribution is 6.10. The average molecular weight is 647 g/mol. The number of hydrazine groups is 1. The number of para-hydroxylation sites is 1. The lowest BCUT2D eigenvalue weighted by atomic mass is 9.89. The number of nitrogens with one attached hydrogen (secondary N) is 2. The summed E-state index contributed by atoms with van der Waals surface area (Å²) < 4.78 is 22.3. The third kappa shape index (κ3) is 6.74. The molecule has 2 N–H and O–H groups in total. The normalized spacial score (nSPS) is 14.1. The summed E-state index contributed by atoms with van der Waals surface area (Å²) in [5.74, 6) is 1.20. The van der Waals surface area contributed by atoms with Gasteiger partial charge in [-0.2, -0.15) is 0 Å². The summed E-state index contributed by atoms with van der Waals surface area (Å²) in [6.07, 6.45) is 3.73. The first-order valence-corrected chi connectivity index (χ1v) is 15.7. The molecule has 48 heavy (non-hydrogen) atoms. The summed E-state index contributed by atoms with van der Waals surface area (Å²) in [6.45, 7) is 0.561. The Bertz CT molecular complexity index is 1950. The Morgan fingerprint density at radius 2 is 1.46 bits per heavy atom. The Kier molecular flexibility index (Phi) is 9.73. The third-order valence-electron chi connectivity index (χ3n) is 8.67. The summed E-state index contributed by atoms with van der Waals surface area (Å²) in [5.41, 5.74) is 8.17. The van der Waals surface area contributed by atoms with Crippen molar-refractivity contribution in [2.75, 3.05) is 40.3 Å². The molecule has 1 aliphatic rings. The molecule has 0 spiro atoms. The van der Waals surface area contributed by atoms with Crippen LogP contribution < -0.4 is 29.7 Å². The molecule has 5 aromatic rings. The van der Waals surface area contributed by atoms with Crippen LogP contribution in [0.4, 0.5) is 5.69 Å². The molecule has 246 valence electrons. The van der Waals surface area contributed by atoms with Gasteiger partial charge in [0.05, 0.1) is 56.8 Å². The maximum atomic E-state index is 14.2. The molecular formula is C38H38N4O6. The van der Waals surface area contributed by atoms with Gasteiger partial charge in [0.1, 0.15) is 0 Å². The van der Waals surface area contributed by atoms with Crippen LogP contribution in [0.1, 0.15) is 49.9 Å². The Hall–Kier alpha value is -5.61. The molecule has 10 nitrogen and oxygen atoms in total. The quantitative estimate of drug-likeness (QED) is 0.170. The predicted molar refractivity (Wildman–Crippen MR) is 184 cm³/mol. The van der Waals surface area contributed by atoms with E-state index in [0.717, 1.165) is 34.9 Å². The molecule has 10 heteroatoms. The van der Waals surface area contributed by atoms with Crippen molar-refractivity contribution in [3.8, 4) is 23.0 Å². The second kappa shape index (κ2) is 14.4. The fourth-order valence-corrected chi connectivity index (χ4v) is 6.17. The molecule has 2 heterocycles. The van der Waals surface area contributed by atoms with E-state index in [2.05, 4.69) is 27.9 Å². The van der Waals surface area contributed by atoms with E-state index < -0.39 is 11.8 Å². The van der Waals surface area contributed by atoms with E-state index in [1.165, 1.54) is 26.0 Å². The van der Waals surface area contributed by atoms with Gasteiger partial charge in [-0.25, -0.2) is 5.01 Å². The number of hydrogen-bond acceptors (Lipinski definition) is 8. The first-order chi connectivity index (χ1) is 23.4. The van der Waals surface area contributed by atoms with Crippen LogP contribution in [0, 0.1) is 0 Å². The van der Waals surface area contributed by atoms with E-state index in [9.17, 15) is 9.59 Å². The number of aromatic nitrogens is 1. The Morgan fingerprint density at radius 1 is 0.792 bits per heavy atom. The molecule has 6 rings (SSSR count). The van der Waals surface area contributed by atoms with Crippen LogP contribution in [0.3, 0.4) is 0 Å². The fraction of sp³-hybridized carbons (Fsp3) is 0.237. The van der Waals surface area contributed by atoms with Crippen LogP contribution in [0.5, 0.6) is 23.0 Å². The highest BCUT2D eigenvalue weighted by Crippen LogP contribution is 2.40. The molecule has 4 aromatic carbocycles. The van der Waals surface area contributed by atoms with Gasteiger partial charge in [0.2, 0.25) is 0 Å². The average Bonchev–Trinajstić information content (AvgIpc) is 3.13. The highest BCUT2D eigenvalue weighted by atomic mass is 16.5. The molecule has 1 unspecified atom stereocenters. The SMILES string of the molecule is COc1cc2c(cc1OC)C(CCc1ccccc1)N(NC(=O)c1cc(OC)c(OC)cc1NC(=O)c1cnc3ccccc3c1)CC2. The minimum absolute atomic E-state index is 0.167. The Balaban J connectivity index is 1.32. The molecule has 0 radical (unpaired) electrons. The van der Waals surface area contributed by atoms with Crippen molar-refractivity contribution in [3.05, 3.63) is 119 Å². The largest absolute Gasteiger partial charge is 0.493 e. The van der Waals surface area contributed by atoms with E-state index in [0.29, 0.717) is 41.5 Å². The lowest BCUT2D eigenvalue weighted by molar-refractivity contribution is 0.0639. The number of benzene rings is 4. The van der Waals surface area contributed by atoms with Crippen molar-refractivity contribution in [2.45, 2.75) is 25.3 Å². The number of carbonyl (C=O) groups excluding carboxylic acids is 2. The number of amides is 2. The monoisotopic (exact) mass is 646 g/mol. The molecule has 1 aliphatic heterocycles. The summed E-state index contributed by atoms with van der Waals surface area (Å²) >= 11 is 0. The van der Waals surface area contributed by atoms with Crippen molar-refractivity contribution >= 4 is 28.4 Å². The molecular weight excluding hydrogens is 608 g/mol. The third-order valence-corrected chi connectivity index (χ3v) is 8.67. The zero-order chi connectivity index (χ0) is 33.6. The number of rotatable bonds is 11. The predicted octanol–water partition coefficient (Wildman–Crippen LogP) is 6.40. The topological polar surface area (TPSA) is 111 Å². The van der Waals surface area contributed by atoms with Crippen LogP contribution in [0.2, 0.25) is 0 Å². The molecule has 0 saturated heterocycles. The van der Waals surface area contributed by atoms with E-state index in [1.54, 1.807) is 32.4 Å². The van der Waals surface area contributed by atoms with Gasteiger partial charge in [0.15, 0.2) is 23.0 Å². The van der Waals surface area contributed by atoms with E-state index >= 15 is 0 Å². The smallest absolute Gasteiger partial charge is 0.267 e. The maximum Gasteiger partial charge on any atom is 0.267 e. The first-order valence-electron chi connectivity index (χ1n) is 15.7. The highest BCUT2D eigenvalue weighted by Gasteiger charge is 2.31. The minimum atomic E-state index is -0.414. The van der Waals surface area contributed by atoms with Crippen LogP contribution in [-0.4, -0.2) is 56.8 Å². The van der Waals surface area contributed by atoms with Crippen LogP contribution in [0.15, 0.2) is 91.1 Å². The fourth-order valence-electron chi connectivity index (χ4n) is 6.17. The number of aryl methyl sites for hydroxylation is 1. The standard InChI is InChI=1S/C38H38N4O6/c1-45-33-19-25-16-17-42(32(28(25)20-34(33)46-2)15-14-24-10-6-5-7-11-24)41-38(44)29-21-35(47-3)36(48-4)22-31(29)40-37(43)27-18-26-12-8-9-13-30(26)39-23-27/h5-13,18-23,32H,14-17H2,1-4H3,(H,40,43)(H,41,44). The van der Waals surface area contributed by atoms with E-state index in [1.807, 2.05) is 59.6 Å². The van der Waals surface area contributed by atoms with Crippen LogP contribution >= 0.6 is 0 Å². The number of anilines is 1. The number of pyridine rings is 1. The summed E-state index contributed by atoms with van der Waals surface area (Å²) in [5, 5.41) is 5.71. The van der Waals surface area contributed by atoms with Crippen molar-refractivity contribution in [2.24, 2.45) is 0 Å². The maximum absolute atomic E-state index is 14.2. The number of nitrogens with zero attached hydrogens (tertiary/aromatic N) is 2. The van der Waals surface area contributed by atoms with Crippen molar-refractivity contribution in [3.63, 3.8) is 0 Å². The minimum Gasteiger partial charge on any atom is -0.493 e. The van der Waals surface area contributed by atoms with Gasteiger partial charge in [-0.1, -0.05) is 48.5 Å². The van der Waals surface area contributed by atoms with Gasteiger partial charge in [-0.05, 0) is 66.3 Å². The molecule has 2 amide bonds. The number of carbonyl (C=O) groups is 2. The van der Waals surface area contributed by atoms with Crippen LogP contribution in [0.25, 0.3) is 10.9 Å². The number of fused-ring (bicyclic) bond motifs is 2. The molecule has 0 fully saturated rings. The zero-order valence-electron chi connectivity index (χ0n) is 27.4. The molecule has 0 saturated carbocycles. The zero-order valence-corrected chi connectivity index (χ0v) is 27.4. The second-order valence-electron chi connectivity index (χ2n) is 11.5. The second-order valence-corrected chi connectivity index (χ2v) is 11.5. The number of hydrogen-bond donors (Lipinski definition) is 2. The number of methoxy groups -OCH3 is 4. The van der Waals surface area contributed by atoms with Crippen LogP contribution in [-0.2, 0) is 12.8 Å². The Morgan fingerprint density at radius 3 is 2.21 bits per heavy atom. The molecule has 0 aliphatic carbocycles. The summed E-state index contributed by atoms with van der Waals surface area (Å²) in [6, 6.07) is 26.6. The van der Waals surface area contributed by atoms with Crippen molar-refractivity contribution in [1.82, 2.24) is 15.4 Å². The Labute approximate surface area is 279 Å². The van der Waals surface area contributed by atoms with Gasteiger partial charge >= 0.3 is 0 Å². The lowest BCUT2D eigenvalue weighted by Gasteiger charge is -2.38. The number of ether oxygens (including phenoxy) is 4. The van der Waals surface area contributed by atoms with Gasteiger partial charge in [0, 0.05) is 24.2 Å². The molecule has 1 aromatic heterocycles. The summed E-state index contributed by atoms with van der Waals surface area (Å²) in [7, 11) is 6.25. The molecule has 0 bridgehead atoms. The van der Waals surface area contributed by atoms with Gasteiger partial charge < -0.3 is 24.3 Å². The molecule has 1 atom stereocenters. The van der Waals surface area contributed by atoms with Gasteiger partial charge in [-0.3, -0.25) is 20.0 Å².